The molecule has 0 N–H and O–H groups in total. The Morgan fingerprint density at radius 3 is 1.08 bits per heavy atom. The predicted octanol–water partition coefficient (Wildman–Crippen LogP) is 32.8. The fraction of sp³-hybridized carbons (Fsp3) is 0. The molecule has 0 fully saturated rings. The highest BCUT2D eigenvalue weighted by atomic mass is 15.0. The van der Waals surface area contributed by atoms with Crippen LogP contribution < -0.4 is 0 Å². The van der Waals surface area contributed by atoms with Gasteiger partial charge in [-0.1, -0.05) is 279 Å². The van der Waals surface area contributed by atoms with E-state index in [1.165, 1.54) is 103 Å². The van der Waals surface area contributed by atoms with E-state index in [1.807, 2.05) is 36.7 Å². The molecule has 29 aromatic rings. The minimum Gasteiger partial charge on any atom is -0.317 e. The third-order valence-corrected chi connectivity index (χ3v) is 27.9. The van der Waals surface area contributed by atoms with E-state index in [-0.39, 0.29) is 0 Å². The van der Waals surface area contributed by atoms with Gasteiger partial charge in [-0.2, -0.15) is 0 Å². The molecule has 10 heterocycles. The molecule has 12 nitrogen and oxygen atoms in total. The lowest BCUT2D eigenvalue weighted by molar-refractivity contribution is 1.13. The summed E-state index contributed by atoms with van der Waals surface area (Å²) in [5.74, 6) is 1.43. The van der Waals surface area contributed by atoms with Crippen molar-refractivity contribution in [2.75, 3.05) is 0 Å². The SMILES string of the molecule is c1ccc(-c2cc(-c3ccc4c(c3)c3cc5c(ccn5-c5ccccc5)cc3n4-c3ccccc3)nc3ccncc23)cc1.c1ccc(-c2nc(-c3ccc4c(c3)c3c5ccn(-c6ccccc6)c5ccc3n4-c3ccccc3)nc3ccccc23)cc1.c1ccc(-n2ccc3c4c5cc(-c6nc(-c7ccc(-c8cccc9ccccc89)cc7)c7ccccc7n6)ccc5n(-c5ccccc5)c4ccc32)cc1. The zero-order valence-electron chi connectivity index (χ0n) is 76.9. The maximum Gasteiger partial charge on any atom is 0.160 e. The van der Waals surface area contributed by atoms with Crippen LogP contribution in [0, 0.1) is 0 Å². The van der Waals surface area contributed by atoms with Gasteiger partial charge < -0.3 is 27.4 Å². The number of aromatic nitrogens is 12. The van der Waals surface area contributed by atoms with Gasteiger partial charge in [0, 0.05) is 158 Å². The number of benzene rings is 19. The van der Waals surface area contributed by atoms with Crippen molar-refractivity contribution in [3.05, 3.63) is 510 Å². The molecule has 12 heteroatoms. The molecule has 0 bridgehead atoms. The van der Waals surface area contributed by atoms with Gasteiger partial charge in [-0.15, -0.1) is 0 Å². The molecule has 664 valence electrons. The Hall–Kier alpha value is -19.3. The van der Waals surface area contributed by atoms with E-state index in [9.17, 15) is 0 Å². The molecule has 0 saturated carbocycles. The van der Waals surface area contributed by atoms with Crippen LogP contribution in [0.5, 0.6) is 0 Å². The van der Waals surface area contributed by atoms with Crippen LogP contribution in [-0.4, -0.2) is 57.3 Å². The van der Waals surface area contributed by atoms with Gasteiger partial charge in [0.2, 0.25) is 0 Å². The zero-order chi connectivity index (χ0) is 93.7. The predicted molar refractivity (Wildman–Crippen MR) is 588 cm³/mol. The van der Waals surface area contributed by atoms with Crippen molar-refractivity contribution in [3.63, 3.8) is 0 Å². The Morgan fingerprint density at radius 1 is 0.176 bits per heavy atom. The molecular weight excluding hydrogens is 1730 g/mol. The summed E-state index contributed by atoms with van der Waals surface area (Å²) in [5.41, 5.74) is 32.9. The molecule has 0 aliphatic carbocycles. The third-order valence-electron chi connectivity index (χ3n) is 27.9. The second kappa shape index (κ2) is 34.5. The first-order chi connectivity index (χ1) is 70.4. The summed E-state index contributed by atoms with van der Waals surface area (Å²) in [7, 11) is 0. The highest BCUT2D eigenvalue weighted by Gasteiger charge is 2.25. The van der Waals surface area contributed by atoms with Gasteiger partial charge in [-0.05, 0) is 233 Å². The topological polar surface area (TPSA) is 107 Å². The molecular formula is C130H84N12. The summed E-state index contributed by atoms with van der Waals surface area (Å²) in [6.45, 7) is 0. The van der Waals surface area contributed by atoms with Crippen LogP contribution in [0.4, 0.5) is 0 Å². The van der Waals surface area contributed by atoms with E-state index in [4.69, 9.17) is 24.9 Å². The lowest BCUT2D eigenvalue weighted by Gasteiger charge is -2.11. The van der Waals surface area contributed by atoms with Crippen LogP contribution in [0.15, 0.2) is 510 Å². The molecule has 10 aromatic heterocycles. The standard InChI is InChI=1S/C50H32N4.2C40H26N4/c1-3-14-37(15-4-1)53-31-30-42-45(53)28-29-47-48(42)43-32-36(26-27-46(43)54(47)38-16-5-2-6-17-38)50-51-44-21-10-9-19-41(44)49(52-50)35-24-22-34(23-25-35)40-20-11-13-33-12-7-8-18-39(33)40;1-4-12-27(13-5-1)39-31-18-10-11-19-34(31)41-40(42-39)28-20-21-36-33(26-28)38-32-24-25-43(29-14-6-2-7-15-29)35(32)22-23-37(38)44(36)30-16-8-3-9-17-30;1-4-10-27(11-5-1)32-24-37(42-36-18-20-41-26-35(32)36)28-16-17-38-33(22-28)34-25-39-29(19-21-43(39)30-12-6-2-7-13-30)23-40(34)44(38)31-14-8-3-9-15-31/h1-32H;2*1-26H. The monoisotopic (exact) mass is 1810 g/mol. The van der Waals surface area contributed by atoms with E-state index < -0.39 is 0 Å². The molecule has 0 atom stereocenters. The van der Waals surface area contributed by atoms with Gasteiger partial charge in [0.15, 0.2) is 11.6 Å². The van der Waals surface area contributed by atoms with E-state index in [0.717, 1.165) is 145 Å². The Balaban J connectivity index is 0.000000107. The third kappa shape index (κ3) is 14.2. The maximum atomic E-state index is 5.33. The summed E-state index contributed by atoms with van der Waals surface area (Å²) in [6, 6.07) is 169. The summed E-state index contributed by atoms with van der Waals surface area (Å²) in [4.78, 5) is 30.3. The zero-order valence-corrected chi connectivity index (χ0v) is 76.9. The smallest absolute Gasteiger partial charge is 0.160 e. The Kier molecular flexibility index (Phi) is 20.0. The van der Waals surface area contributed by atoms with E-state index in [1.54, 1.807) is 0 Å². The van der Waals surface area contributed by atoms with Gasteiger partial charge in [0.25, 0.3) is 0 Å². The first-order valence-corrected chi connectivity index (χ1v) is 48.0. The number of pyridine rings is 2. The molecule has 142 heavy (non-hydrogen) atoms. The molecule has 19 aromatic carbocycles. The molecule has 0 aliphatic rings. The van der Waals surface area contributed by atoms with E-state index in [2.05, 4.69) is 506 Å². The Labute approximate surface area is 816 Å². The molecule has 29 rings (SSSR count). The van der Waals surface area contributed by atoms with Crippen LogP contribution in [0.2, 0.25) is 0 Å². The number of rotatable bonds is 13. The highest BCUT2D eigenvalue weighted by Crippen LogP contribution is 2.46. The van der Waals surface area contributed by atoms with Crippen molar-refractivity contribution in [3.8, 4) is 113 Å². The molecule has 0 radical (unpaired) electrons. The van der Waals surface area contributed by atoms with E-state index in [0.29, 0.717) is 5.82 Å². The van der Waals surface area contributed by atoms with Gasteiger partial charge in [0.1, 0.15) is 0 Å². The normalized spacial score (nSPS) is 11.7. The number of para-hydroxylation sites is 8. The van der Waals surface area contributed by atoms with Crippen molar-refractivity contribution in [2.45, 2.75) is 0 Å². The highest BCUT2D eigenvalue weighted by molar-refractivity contribution is 6.24. The van der Waals surface area contributed by atoms with Crippen LogP contribution >= 0.6 is 0 Å². The Bertz CT molecular complexity index is 9860. The fourth-order valence-corrected chi connectivity index (χ4v) is 21.4. The van der Waals surface area contributed by atoms with Crippen LogP contribution in [0.1, 0.15) is 0 Å². The summed E-state index contributed by atoms with van der Waals surface area (Å²) in [6.07, 6.45) is 10.3. The molecule has 0 amide bonds. The first-order valence-electron chi connectivity index (χ1n) is 48.0. The number of fused-ring (bicyclic) bond motifs is 18. The second-order valence-corrected chi connectivity index (χ2v) is 36.1. The summed E-state index contributed by atoms with van der Waals surface area (Å²) >= 11 is 0. The Morgan fingerprint density at radius 2 is 0.549 bits per heavy atom. The average Bonchev–Trinajstić information content (AvgIpc) is 1.57. The molecule has 0 saturated heterocycles. The van der Waals surface area contributed by atoms with Gasteiger partial charge in [0.05, 0.1) is 83.3 Å². The van der Waals surface area contributed by atoms with Crippen molar-refractivity contribution in [1.29, 1.82) is 0 Å². The lowest BCUT2D eigenvalue weighted by atomic mass is 9.96. The van der Waals surface area contributed by atoms with Gasteiger partial charge in [-0.3, -0.25) is 4.98 Å². The summed E-state index contributed by atoms with van der Waals surface area (Å²) in [5, 5.41) is 16.4. The minimum atomic E-state index is 0.707. The van der Waals surface area contributed by atoms with Crippen LogP contribution in [0.25, 0.3) is 255 Å². The van der Waals surface area contributed by atoms with Crippen molar-refractivity contribution < 1.29 is 0 Å². The average molecular weight is 1810 g/mol. The van der Waals surface area contributed by atoms with Crippen LogP contribution in [-0.2, 0) is 0 Å². The summed E-state index contributed by atoms with van der Waals surface area (Å²) < 4.78 is 13.9. The number of hydrogen-bond acceptors (Lipinski definition) is 6. The number of hydrogen-bond donors (Lipinski definition) is 0. The lowest BCUT2D eigenvalue weighted by Crippen LogP contribution is -1.96. The largest absolute Gasteiger partial charge is 0.317 e. The molecule has 0 spiro atoms. The minimum absolute atomic E-state index is 0.707. The van der Waals surface area contributed by atoms with E-state index >= 15 is 0 Å². The van der Waals surface area contributed by atoms with Crippen molar-refractivity contribution in [1.82, 2.24) is 57.3 Å². The number of nitrogens with zero attached hydrogens (tertiary/aromatic N) is 12. The fourth-order valence-electron chi connectivity index (χ4n) is 21.4. The quantitative estimate of drug-likeness (QED) is 0.114. The van der Waals surface area contributed by atoms with Crippen molar-refractivity contribution in [2.24, 2.45) is 0 Å². The first kappa shape index (κ1) is 82.2. The van der Waals surface area contributed by atoms with Gasteiger partial charge >= 0.3 is 0 Å². The van der Waals surface area contributed by atoms with Crippen molar-refractivity contribution >= 4 is 142 Å². The molecule has 0 unspecified atom stereocenters. The molecule has 0 aliphatic heterocycles. The maximum absolute atomic E-state index is 5.33. The van der Waals surface area contributed by atoms with Gasteiger partial charge in [-0.25, -0.2) is 24.9 Å². The second-order valence-electron chi connectivity index (χ2n) is 36.1. The van der Waals surface area contributed by atoms with Crippen LogP contribution in [0.3, 0.4) is 0 Å².